The van der Waals surface area contributed by atoms with Gasteiger partial charge in [-0.05, 0) is 42.7 Å². The van der Waals surface area contributed by atoms with Crippen LogP contribution in [0.5, 0.6) is 5.75 Å². The summed E-state index contributed by atoms with van der Waals surface area (Å²) in [7, 11) is 1.58. The number of rotatable bonds is 11. The Morgan fingerprint density at radius 3 is 2.23 bits per heavy atom. The first-order valence-corrected chi connectivity index (χ1v) is 11.9. The van der Waals surface area contributed by atoms with Gasteiger partial charge in [-0.25, -0.2) is 4.39 Å². The molecule has 0 saturated heterocycles. The van der Waals surface area contributed by atoms with Crippen molar-refractivity contribution in [2.75, 3.05) is 7.11 Å². The molecule has 2 atom stereocenters. The van der Waals surface area contributed by atoms with Crippen molar-refractivity contribution in [2.45, 2.75) is 51.7 Å². The van der Waals surface area contributed by atoms with Gasteiger partial charge in [-0.2, -0.15) is 0 Å². The minimum absolute atomic E-state index is 0.00686. The third-order valence-electron chi connectivity index (χ3n) is 6.09. The monoisotopic (exact) mass is 476 g/mol. The zero-order valence-corrected chi connectivity index (χ0v) is 20.5. The molecule has 3 aromatic carbocycles. The van der Waals surface area contributed by atoms with Crippen molar-refractivity contribution in [1.82, 2.24) is 10.2 Å². The fraction of sp³-hybridized carbons (Fsp3) is 0.310. The van der Waals surface area contributed by atoms with Gasteiger partial charge in [-0.15, -0.1) is 0 Å². The Bertz CT molecular complexity index is 1100. The van der Waals surface area contributed by atoms with Gasteiger partial charge < -0.3 is 15.0 Å². The van der Waals surface area contributed by atoms with Gasteiger partial charge in [0.15, 0.2) is 0 Å². The summed E-state index contributed by atoms with van der Waals surface area (Å²) >= 11 is 0. The van der Waals surface area contributed by atoms with Crippen molar-refractivity contribution in [3.8, 4) is 5.75 Å². The highest BCUT2D eigenvalue weighted by atomic mass is 19.1. The first-order valence-electron chi connectivity index (χ1n) is 11.9. The van der Waals surface area contributed by atoms with E-state index in [0.717, 1.165) is 17.5 Å². The van der Waals surface area contributed by atoms with E-state index in [1.165, 1.54) is 11.0 Å². The van der Waals surface area contributed by atoms with Gasteiger partial charge in [-0.3, -0.25) is 9.59 Å². The SMILES string of the molecule is CC[C@@H](C)NC(=O)[C@@H](Cc1ccccc1)N(Cc1ccccc1F)C(=O)Cc1ccc(OC)cc1. The first-order chi connectivity index (χ1) is 16.9. The van der Waals surface area contributed by atoms with Crippen LogP contribution in [0.1, 0.15) is 37.0 Å². The number of ether oxygens (including phenoxy) is 1. The van der Waals surface area contributed by atoms with Crippen LogP contribution in [-0.4, -0.2) is 35.9 Å². The van der Waals surface area contributed by atoms with Gasteiger partial charge in [0.2, 0.25) is 11.8 Å². The highest BCUT2D eigenvalue weighted by Gasteiger charge is 2.31. The minimum Gasteiger partial charge on any atom is -0.497 e. The summed E-state index contributed by atoms with van der Waals surface area (Å²) in [6, 6.07) is 22.3. The topological polar surface area (TPSA) is 58.6 Å². The van der Waals surface area contributed by atoms with E-state index in [0.29, 0.717) is 17.7 Å². The van der Waals surface area contributed by atoms with Crippen LogP contribution in [0.25, 0.3) is 0 Å². The van der Waals surface area contributed by atoms with Crippen LogP contribution in [0.2, 0.25) is 0 Å². The van der Waals surface area contributed by atoms with Crippen molar-refractivity contribution in [2.24, 2.45) is 0 Å². The van der Waals surface area contributed by atoms with E-state index in [2.05, 4.69) is 5.32 Å². The number of methoxy groups -OCH3 is 1. The van der Waals surface area contributed by atoms with E-state index in [1.54, 1.807) is 37.4 Å². The second-order valence-electron chi connectivity index (χ2n) is 8.66. The van der Waals surface area contributed by atoms with Gasteiger partial charge >= 0.3 is 0 Å². The summed E-state index contributed by atoms with van der Waals surface area (Å²) in [6.45, 7) is 3.91. The molecule has 35 heavy (non-hydrogen) atoms. The fourth-order valence-corrected chi connectivity index (χ4v) is 3.82. The summed E-state index contributed by atoms with van der Waals surface area (Å²) in [4.78, 5) is 28.6. The van der Waals surface area contributed by atoms with E-state index in [9.17, 15) is 14.0 Å². The zero-order chi connectivity index (χ0) is 25.2. The van der Waals surface area contributed by atoms with E-state index < -0.39 is 11.9 Å². The summed E-state index contributed by atoms with van der Waals surface area (Å²) in [5, 5.41) is 3.02. The van der Waals surface area contributed by atoms with Crippen LogP contribution in [0, 0.1) is 5.82 Å². The Labute approximate surface area is 206 Å². The molecule has 0 aliphatic heterocycles. The van der Waals surface area contributed by atoms with Gasteiger partial charge in [0.25, 0.3) is 0 Å². The average molecular weight is 477 g/mol. The second-order valence-corrected chi connectivity index (χ2v) is 8.66. The number of amides is 2. The molecule has 0 radical (unpaired) electrons. The molecule has 0 spiro atoms. The Kier molecular flexibility index (Phi) is 9.41. The molecule has 0 aliphatic carbocycles. The predicted octanol–water partition coefficient (Wildman–Crippen LogP) is 4.93. The molecule has 0 saturated carbocycles. The Hall–Kier alpha value is -3.67. The Balaban J connectivity index is 1.97. The highest BCUT2D eigenvalue weighted by molar-refractivity contribution is 5.89. The number of halogens is 1. The highest BCUT2D eigenvalue weighted by Crippen LogP contribution is 2.19. The maximum atomic E-state index is 14.6. The van der Waals surface area contributed by atoms with Crippen LogP contribution >= 0.6 is 0 Å². The van der Waals surface area contributed by atoms with Crippen LogP contribution in [0.4, 0.5) is 4.39 Å². The smallest absolute Gasteiger partial charge is 0.243 e. The van der Waals surface area contributed by atoms with Gasteiger partial charge in [0.05, 0.1) is 13.5 Å². The zero-order valence-electron chi connectivity index (χ0n) is 20.5. The molecule has 3 rings (SSSR count). The summed E-state index contributed by atoms with van der Waals surface area (Å²) in [5.41, 5.74) is 2.08. The molecular formula is C29H33FN2O3. The number of nitrogens with zero attached hydrogens (tertiary/aromatic N) is 1. The maximum Gasteiger partial charge on any atom is 0.243 e. The second kappa shape index (κ2) is 12.7. The lowest BCUT2D eigenvalue weighted by Gasteiger charge is -2.32. The Morgan fingerprint density at radius 1 is 0.943 bits per heavy atom. The lowest BCUT2D eigenvalue weighted by Crippen LogP contribution is -2.52. The molecule has 0 heterocycles. The molecule has 3 aromatic rings. The summed E-state index contributed by atoms with van der Waals surface area (Å²) in [5.74, 6) is -0.212. The number of carbonyl (C=O) groups excluding carboxylic acids is 2. The Morgan fingerprint density at radius 2 is 1.60 bits per heavy atom. The van der Waals surface area contributed by atoms with Crippen LogP contribution in [0.15, 0.2) is 78.9 Å². The molecule has 184 valence electrons. The lowest BCUT2D eigenvalue weighted by molar-refractivity contribution is -0.141. The van der Waals surface area contributed by atoms with Crippen LogP contribution in [0.3, 0.4) is 0 Å². The predicted molar refractivity (Wildman–Crippen MR) is 135 cm³/mol. The summed E-state index contributed by atoms with van der Waals surface area (Å²) in [6.07, 6.45) is 1.17. The van der Waals surface area contributed by atoms with E-state index in [4.69, 9.17) is 4.74 Å². The minimum atomic E-state index is -0.795. The number of hydrogen-bond donors (Lipinski definition) is 1. The van der Waals surface area contributed by atoms with Crippen molar-refractivity contribution < 1.29 is 18.7 Å². The average Bonchev–Trinajstić information content (AvgIpc) is 2.88. The van der Waals surface area contributed by atoms with Gasteiger partial charge in [0.1, 0.15) is 17.6 Å². The fourth-order valence-electron chi connectivity index (χ4n) is 3.82. The van der Waals surface area contributed by atoms with Crippen LogP contribution < -0.4 is 10.1 Å². The molecule has 0 aliphatic rings. The number of benzene rings is 3. The third-order valence-corrected chi connectivity index (χ3v) is 6.09. The lowest BCUT2D eigenvalue weighted by atomic mass is 10.0. The molecule has 0 aromatic heterocycles. The van der Waals surface area contributed by atoms with Gasteiger partial charge in [-0.1, -0.05) is 67.6 Å². The largest absolute Gasteiger partial charge is 0.497 e. The molecule has 2 amide bonds. The van der Waals surface area contributed by atoms with Crippen molar-refractivity contribution in [3.05, 3.63) is 101 Å². The van der Waals surface area contributed by atoms with Crippen molar-refractivity contribution in [1.29, 1.82) is 0 Å². The molecule has 0 fully saturated rings. The van der Waals surface area contributed by atoms with Crippen molar-refractivity contribution >= 4 is 11.8 Å². The summed E-state index contributed by atoms with van der Waals surface area (Å²) < 4.78 is 19.8. The third kappa shape index (κ3) is 7.41. The van der Waals surface area contributed by atoms with Gasteiger partial charge in [0, 0.05) is 24.6 Å². The van der Waals surface area contributed by atoms with Crippen molar-refractivity contribution in [3.63, 3.8) is 0 Å². The molecule has 6 heteroatoms. The standard InChI is InChI=1S/C29H33FN2O3/c1-4-21(2)31-29(34)27(18-22-10-6-5-7-11-22)32(20-24-12-8-9-13-26(24)30)28(33)19-23-14-16-25(35-3)17-15-23/h5-17,21,27H,4,18-20H2,1-3H3,(H,31,34)/t21-,27-/m1/s1. The molecular weight excluding hydrogens is 443 g/mol. The van der Waals surface area contributed by atoms with Crippen LogP contribution in [-0.2, 0) is 29.0 Å². The van der Waals surface area contributed by atoms with E-state index in [-0.39, 0.29) is 30.8 Å². The normalized spacial score (nSPS) is 12.5. The molecule has 5 nitrogen and oxygen atoms in total. The first kappa shape index (κ1) is 25.9. The quantitative estimate of drug-likeness (QED) is 0.427. The number of carbonyl (C=O) groups is 2. The number of hydrogen-bond acceptors (Lipinski definition) is 3. The van der Waals surface area contributed by atoms with E-state index in [1.807, 2.05) is 56.3 Å². The molecule has 0 bridgehead atoms. The molecule has 1 N–H and O–H groups in total. The molecule has 0 unspecified atom stereocenters. The maximum absolute atomic E-state index is 14.6. The van der Waals surface area contributed by atoms with E-state index >= 15 is 0 Å². The number of nitrogens with one attached hydrogen (secondary N) is 1.